The molecule has 2 bridgehead atoms. The lowest BCUT2D eigenvalue weighted by molar-refractivity contribution is -0.199. The van der Waals surface area contributed by atoms with Crippen LogP contribution in [0.1, 0.15) is 68.7 Å². The maximum atomic E-state index is 13.3. The van der Waals surface area contributed by atoms with E-state index in [0.717, 1.165) is 68.2 Å². The van der Waals surface area contributed by atoms with Crippen LogP contribution < -0.4 is 15.5 Å². The number of hydrogen-bond donors (Lipinski definition) is 2. The van der Waals surface area contributed by atoms with Gasteiger partial charge < -0.3 is 14.6 Å². The van der Waals surface area contributed by atoms with E-state index < -0.39 is 23.2 Å². The van der Waals surface area contributed by atoms with Crippen molar-refractivity contribution in [1.29, 1.82) is 0 Å². The first kappa shape index (κ1) is 24.7. The van der Waals surface area contributed by atoms with Gasteiger partial charge in [-0.25, -0.2) is 17.9 Å². The molecule has 2 amide bonds. The molecule has 9 heteroatoms. The van der Waals surface area contributed by atoms with Crippen LogP contribution in [0.5, 0.6) is 0 Å². The van der Waals surface area contributed by atoms with Crippen molar-refractivity contribution in [2.75, 3.05) is 5.32 Å². The topological polar surface area (TPSA) is 93.7 Å². The van der Waals surface area contributed by atoms with Crippen molar-refractivity contribution in [2.45, 2.75) is 88.7 Å². The van der Waals surface area contributed by atoms with Gasteiger partial charge in [0.15, 0.2) is 0 Å². The minimum Gasteiger partial charge on any atom is -0.402 e. The summed E-state index contributed by atoms with van der Waals surface area (Å²) in [6.45, 7) is 6.76. The molecule has 7 nitrogen and oxygen atoms in total. The number of rotatable bonds is 4. The van der Waals surface area contributed by atoms with E-state index in [9.17, 15) is 13.2 Å². The first-order valence-electron chi connectivity index (χ1n) is 14.0. The smallest absolute Gasteiger partial charge is 0.402 e. The molecule has 6 aliphatic rings. The third kappa shape index (κ3) is 3.61. The fourth-order valence-electron chi connectivity index (χ4n) is 8.12. The summed E-state index contributed by atoms with van der Waals surface area (Å²) in [6.07, 6.45) is 8.07. The molecule has 2 aromatic carbocycles. The van der Waals surface area contributed by atoms with Crippen LogP contribution in [-0.2, 0) is 45.0 Å². The summed E-state index contributed by atoms with van der Waals surface area (Å²) in [6, 6.07) is 8.13. The highest BCUT2D eigenvalue weighted by Crippen LogP contribution is 2.65. The van der Waals surface area contributed by atoms with Crippen LogP contribution in [-0.4, -0.2) is 33.3 Å². The standard InChI is InChI=1S/C29H35BN2O5S/c1-28(2)19-14-24(28)29(3)25(15-19)36-30(37-29)20-9-6-10-21(16-20)38(34,35)32-27(33)31-26-22-11-4-7-17(22)13-18-8-5-12-23(18)26/h6,9-10,13,16,19,24-25H,4-5,7-8,11-12,14-15H2,1-3H3,(H2,31,32,33)/t19-,24?,25?,29-/m0/s1. The van der Waals surface area contributed by atoms with E-state index in [2.05, 4.69) is 36.9 Å². The van der Waals surface area contributed by atoms with Gasteiger partial charge in [0.2, 0.25) is 0 Å². The zero-order chi connectivity index (χ0) is 26.4. The van der Waals surface area contributed by atoms with Gasteiger partial charge >= 0.3 is 13.1 Å². The van der Waals surface area contributed by atoms with Gasteiger partial charge in [0.1, 0.15) is 0 Å². The van der Waals surface area contributed by atoms with E-state index in [4.69, 9.17) is 9.31 Å². The predicted octanol–water partition coefficient (Wildman–Crippen LogP) is 4.11. The van der Waals surface area contributed by atoms with Crippen molar-refractivity contribution in [1.82, 2.24) is 4.72 Å². The molecule has 200 valence electrons. The van der Waals surface area contributed by atoms with E-state index in [0.29, 0.717) is 17.3 Å². The Kier molecular flexibility index (Phi) is 5.40. The second kappa shape index (κ2) is 8.32. The summed E-state index contributed by atoms with van der Waals surface area (Å²) in [7, 11) is -4.72. The highest BCUT2D eigenvalue weighted by atomic mass is 32.2. The van der Waals surface area contributed by atoms with Crippen LogP contribution in [0.25, 0.3) is 0 Å². The fraction of sp³-hybridized carbons (Fsp3) is 0.552. The number of urea groups is 1. The fourth-order valence-corrected chi connectivity index (χ4v) is 9.09. The van der Waals surface area contributed by atoms with E-state index in [1.165, 1.54) is 17.2 Å². The Hall–Kier alpha value is -2.36. The summed E-state index contributed by atoms with van der Waals surface area (Å²) in [5.41, 5.74) is 6.19. The summed E-state index contributed by atoms with van der Waals surface area (Å²) >= 11 is 0. The molecular weight excluding hydrogens is 499 g/mol. The number of sulfonamides is 1. The van der Waals surface area contributed by atoms with Crippen molar-refractivity contribution >= 4 is 34.3 Å². The molecule has 38 heavy (non-hydrogen) atoms. The lowest BCUT2D eigenvalue weighted by atomic mass is 9.43. The van der Waals surface area contributed by atoms with Crippen molar-refractivity contribution in [3.8, 4) is 0 Å². The van der Waals surface area contributed by atoms with Gasteiger partial charge in [-0.3, -0.25) is 0 Å². The molecule has 0 radical (unpaired) electrons. The van der Waals surface area contributed by atoms with E-state index in [1.54, 1.807) is 12.1 Å². The SMILES string of the molecule is CC1(C)C2C[C@H]1CC1OB(c3cccc(S(=O)(=O)NC(=O)Nc4c5c(cc6c4CCC6)CCC5)c3)O[C@]12C. The Morgan fingerprint density at radius 1 is 1.00 bits per heavy atom. The normalized spacial score (nSPS) is 30.3. The summed E-state index contributed by atoms with van der Waals surface area (Å²) in [5, 5.41) is 2.92. The van der Waals surface area contributed by atoms with E-state index in [-0.39, 0.29) is 22.0 Å². The van der Waals surface area contributed by atoms with Crippen LogP contribution in [0.3, 0.4) is 0 Å². The Bertz CT molecular complexity index is 1420. The van der Waals surface area contributed by atoms with E-state index in [1.807, 2.05) is 6.07 Å². The van der Waals surface area contributed by atoms with Crippen LogP contribution in [0.15, 0.2) is 35.2 Å². The second-order valence-electron chi connectivity index (χ2n) is 12.7. The molecule has 5 aliphatic carbocycles. The molecule has 0 spiro atoms. The molecule has 2 N–H and O–H groups in total. The molecular formula is C29H35BN2O5S. The maximum Gasteiger partial charge on any atom is 0.494 e. The third-order valence-corrected chi connectivity index (χ3v) is 11.7. The average molecular weight is 534 g/mol. The molecule has 1 heterocycles. The van der Waals surface area contributed by atoms with Gasteiger partial charge in [-0.05, 0) is 115 Å². The largest absolute Gasteiger partial charge is 0.494 e. The molecule has 0 aromatic heterocycles. The van der Waals surface area contributed by atoms with Gasteiger partial charge in [-0.1, -0.05) is 32.0 Å². The van der Waals surface area contributed by atoms with Gasteiger partial charge in [-0.2, -0.15) is 0 Å². The maximum absolute atomic E-state index is 13.3. The number of nitrogens with one attached hydrogen (secondary N) is 2. The molecule has 3 saturated carbocycles. The summed E-state index contributed by atoms with van der Waals surface area (Å²) in [4.78, 5) is 13.0. The zero-order valence-corrected chi connectivity index (χ0v) is 23.1. The number of aryl methyl sites for hydroxylation is 2. The Labute approximate surface area is 225 Å². The minimum absolute atomic E-state index is 0.00256. The number of hydrogen-bond acceptors (Lipinski definition) is 5. The Balaban J connectivity index is 1.10. The number of fused-ring (bicyclic) bond motifs is 2. The van der Waals surface area contributed by atoms with Gasteiger partial charge in [0.05, 0.1) is 16.6 Å². The van der Waals surface area contributed by atoms with Crippen LogP contribution >= 0.6 is 0 Å². The number of amides is 2. The third-order valence-electron chi connectivity index (χ3n) is 10.3. The molecule has 2 aromatic rings. The number of carbonyl (C=O) groups excluding carboxylic acids is 1. The van der Waals surface area contributed by atoms with Gasteiger partial charge in [-0.15, -0.1) is 0 Å². The monoisotopic (exact) mass is 534 g/mol. The average Bonchev–Trinajstić information content (AvgIpc) is 3.61. The molecule has 2 unspecified atom stereocenters. The number of benzene rings is 2. The minimum atomic E-state index is -4.10. The van der Waals surface area contributed by atoms with Gasteiger partial charge in [0.25, 0.3) is 10.0 Å². The highest BCUT2D eigenvalue weighted by Gasteiger charge is 2.68. The van der Waals surface area contributed by atoms with Crippen LogP contribution in [0.2, 0.25) is 0 Å². The lowest BCUT2D eigenvalue weighted by Crippen LogP contribution is -2.65. The summed E-state index contributed by atoms with van der Waals surface area (Å²) < 4.78 is 41.7. The molecule has 8 rings (SSSR count). The Morgan fingerprint density at radius 3 is 2.39 bits per heavy atom. The van der Waals surface area contributed by atoms with Crippen molar-refractivity contribution < 1.29 is 22.5 Å². The molecule has 1 saturated heterocycles. The molecule has 4 atom stereocenters. The van der Waals surface area contributed by atoms with Crippen LogP contribution in [0.4, 0.5) is 10.5 Å². The highest BCUT2D eigenvalue weighted by molar-refractivity contribution is 7.90. The van der Waals surface area contributed by atoms with Crippen molar-refractivity contribution in [3.63, 3.8) is 0 Å². The van der Waals surface area contributed by atoms with Crippen molar-refractivity contribution in [2.24, 2.45) is 17.3 Å². The number of anilines is 1. The summed E-state index contributed by atoms with van der Waals surface area (Å²) in [5.74, 6) is 1.05. The first-order valence-corrected chi connectivity index (χ1v) is 15.5. The number of carbonyl (C=O) groups is 1. The van der Waals surface area contributed by atoms with Gasteiger partial charge in [0, 0.05) is 5.69 Å². The zero-order valence-electron chi connectivity index (χ0n) is 22.3. The lowest BCUT2D eigenvalue weighted by Gasteiger charge is -2.64. The van der Waals surface area contributed by atoms with Crippen LogP contribution in [0, 0.1) is 17.3 Å². The Morgan fingerprint density at radius 2 is 1.71 bits per heavy atom. The molecule has 1 aliphatic heterocycles. The molecule has 4 fully saturated rings. The van der Waals surface area contributed by atoms with E-state index >= 15 is 0 Å². The second-order valence-corrected chi connectivity index (χ2v) is 14.3. The van der Waals surface area contributed by atoms with Crippen molar-refractivity contribution in [3.05, 3.63) is 52.6 Å². The first-order chi connectivity index (χ1) is 18.1. The predicted molar refractivity (Wildman–Crippen MR) is 146 cm³/mol. The quantitative estimate of drug-likeness (QED) is 0.576.